The van der Waals surface area contributed by atoms with E-state index < -0.39 is 29.1 Å². The van der Waals surface area contributed by atoms with E-state index >= 15 is 0 Å². The molecule has 0 N–H and O–H groups in total. The van der Waals surface area contributed by atoms with E-state index in [4.69, 9.17) is 9.15 Å². The van der Waals surface area contributed by atoms with Crippen molar-refractivity contribution >= 4 is 40.9 Å². The van der Waals surface area contributed by atoms with Crippen molar-refractivity contribution in [3.8, 4) is 11.3 Å². The summed E-state index contributed by atoms with van der Waals surface area (Å²) in [5, 5.41) is -0.551. The molecule has 0 spiro atoms. The highest BCUT2D eigenvalue weighted by Crippen LogP contribution is 2.35. The van der Waals surface area contributed by atoms with Gasteiger partial charge in [-0.1, -0.05) is 6.07 Å². The van der Waals surface area contributed by atoms with Gasteiger partial charge in [0.05, 0.1) is 24.7 Å². The first kappa shape index (κ1) is 21.4. The lowest BCUT2D eigenvalue weighted by Crippen LogP contribution is -2.42. The van der Waals surface area contributed by atoms with Crippen LogP contribution in [0.25, 0.3) is 17.4 Å². The highest BCUT2D eigenvalue weighted by atomic mass is 32.2. The monoisotopic (exact) mass is 429 g/mol. The van der Waals surface area contributed by atoms with Crippen molar-refractivity contribution in [2.45, 2.75) is 19.9 Å². The third-order valence-electron chi connectivity index (χ3n) is 4.57. The van der Waals surface area contributed by atoms with Crippen LogP contribution in [-0.2, 0) is 19.1 Å². The number of furan rings is 1. The number of thioether (sulfide) groups is 1. The first-order chi connectivity index (χ1) is 14.3. The van der Waals surface area contributed by atoms with E-state index in [1.807, 2.05) is 6.92 Å². The first-order valence-corrected chi connectivity index (χ1v) is 9.72. The Hall–Kier alpha value is -3.33. The van der Waals surface area contributed by atoms with Crippen molar-refractivity contribution in [2.75, 3.05) is 14.2 Å². The number of aryl methyl sites for hydroxylation is 1. The number of amides is 2. The van der Waals surface area contributed by atoms with Crippen LogP contribution in [0.5, 0.6) is 0 Å². The molecule has 0 bridgehead atoms. The quantitative estimate of drug-likeness (QED) is 0.524. The number of carbonyl (C=O) groups excluding carboxylic acids is 4. The van der Waals surface area contributed by atoms with E-state index in [-0.39, 0.29) is 4.91 Å². The number of methoxy groups -OCH3 is 2. The fourth-order valence-electron chi connectivity index (χ4n) is 2.98. The molecule has 1 aromatic heterocycles. The second-order valence-electron chi connectivity index (χ2n) is 6.47. The van der Waals surface area contributed by atoms with Crippen LogP contribution in [0.1, 0.15) is 28.6 Å². The molecule has 1 saturated heterocycles. The van der Waals surface area contributed by atoms with Gasteiger partial charge < -0.3 is 13.9 Å². The smallest absolute Gasteiger partial charge is 0.337 e. The zero-order valence-corrected chi connectivity index (χ0v) is 17.6. The molecule has 1 aliphatic rings. The summed E-state index contributed by atoms with van der Waals surface area (Å²) in [4.78, 5) is 49.1. The molecule has 1 unspecified atom stereocenters. The molecule has 0 aliphatic carbocycles. The van der Waals surface area contributed by atoms with Gasteiger partial charge in [0.15, 0.2) is 0 Å². The molecular formula is C21H19NO7S. The predicted molar refractivity (Wildman–Crippen MR) is 110 cm³/mol. The maximum atomic E-state index is 12.6. The van der Waals surface area contributed by atoms with E-state index in [0.29, 0.717) is 17.1 Å². The minimum absolute atomic E-state index is 0.148. The molecule has 3 rings (SSSR count). The summed E-state index contributed by atoms with van der Waals surface area (Å²) in [6, 6.07) is 7.46. The molecule has 1 aliphatic heterocycles. The SMILES string of the molecule is COC(=O)c1ccc(-c2ccc(C=C3SC(=O)N(C(C)C(=O)OC)C3=O)o2)c(C)c1. The number of benzene rings is 1. The van der Waals surface area contributed by atoms with Gasteiger partial charge in [-0.25, -0.2) is 9.59 Å². The summed E-state index contributed by atoms with van der Waals surface area (Å²) in [5.41, 5.74) is 2.01. The Morgan fingerprint density at radius 2 is 1.87 bits per heavy atom. The number of ether oxygens (including phenoxy) is 2. The number of hydrogen-bond donors (Lipinski definition) is 0. The minimum Gasteiger partial charge on any atom is -0.467 e. The largest absolute Gasteiger partial charge is 0.467 e. The predicted octanol–water partition coefficient (Wildman–Crippen LogP) is 3.64. The summed E-state index contributed by atoms with van der Waals surface area (Å²) >= 11 is 0.728. The number of nitrogens with zero attached hydrogens (tertiary/aromatic N) is 1. The zero-order valence-electron chi connectivity index (χ0n) is 16.8. The fourth-order valence-corrected chi connectivity index (χ4v) is 3.87. The van der Waals surface area contributed by atoms with Crippen molar-refractivity contribution in [1.29, 1.82) is 0 Å². The van der Waals surface area contributed by atoms with Crippen molar-refractivity contribution in [2.24, 2.45) is 0 Å². The van der Waals surface area contributed by atoms with Gasteiger partial charge in [0.25, 0.3) is 11.1 Å². The summed E-state index contributed by atoms with van der Waals surface area (Å²) < 4.78 is 15.1. The minimum atomic E-state index is -1.02. The standard InChI is InChI=1S/C21H19NO7S/c1-11-9-13(20(25)28-4)5-7-15(11)16-8-6-14(29-16)10-17-18(23)22(21(26)30-17)12(2)19(24)27-3/h5-10,12H,1-4H3. The van der Waals surface area contributed by atoms with Gasteiger partial charge in [-0.2, -0.15) is 0 Å². The van der Waals surface area contributed by atoms with Gasteiger partial charge >= 0.3 is 11.9 Å². The van der Waals surface area contributed by atoms with Crippen LogP contribution in [0, 0.1) is 6.92 Å². The number of carbonyl (C=O) groups is 4. The second-order valence-corrected chi connectivity index (χ2v) is 7.47. The molecule has 156 valence electrons. The molecule has 9 heteroatoms. The molecule has 2 amide bonds. The van der Waals surface area contributed by atoms with Crippen LogP contribution in [-0.4, -0.2) is 48.2 Å². The average Bonchev–Trinajstić information content (AvgIpc) is 3.30. The van der Waals surface area contributed by atoms with Crippen LogP contribution in [0.3, 0.4) is 0 Å². The van der Waals surface area contributed by atoms with E-state index in [0.717, 1.165) is 27.8 Å². The van der Waals surface area contributed by atoms with Gasteiger partial charge in [-0.15, -0.1) is 0 Å². The molecule has 1 atom stereocenters. The van der Waals surface area contributed by atoms with E-state index in [9.17, 15) is 19.2 Å². The Morgan fingerprint density at radius 3 is 2.50 bits per heavy atom. The Labute approximate surface area is 176 Å². The number of esters is 2. The molecule has 1 aromatic carbocycles. The summed E-state index contributed by atoms with van der Waals surface area (Å²) in [6.45, 7) is 3.26. The van der Waals surface area contributed by atoms with Crippen LogP contribution in [0.15, 0.2) is 39.7 Å². The van der Waals surface area contributed by atoms with Crippen LogP contribution >= 0.6 is 11.8 Å². The van der Waals surface area contributed by atoms with Gasteiger partial charge in [-0.05, 0) is 55.4 Å². The summed E-state index contributed by atoms with van der Waals surface area (Å²) in [7, 11) is 2.51. The van der Waals surface area contributed by atoms with Crippen LogP contribution in [0.4, 0.5) is 4.79 Å². The number of hydrogen-bond acceptors (Lipinski definition) is 8. The molecule has 8 nitrogen and oxygen atoms in total. The maximum Gasteiger partial charge on any atom is 0.337 e. The Balaban J connectivity index is 1.84. The number of rotatable bonds is 5. The van der Waals surface area contributed by atoms with Gasteiger partial charge in [0, 0.05) is 11.6 Å². The Kier molecular flexibility index (Phi) is 6.12. The lowest BCUT2D eigenvalue weighted by molar-refractivity contribution is -0.148. The maximum absolute atomic E-state index is 12.6. The second kappa shape index (κ2) is 8.58. The van der Waals surface area contributed by atoms with E-state index in [1.54, 1.807) is 30.3 Å². The topological polar surface area (TPSA) is 103 Å². The lowest BCUT2D eigenvalue weighted by Gasteiger charge is -2.18. The van der Waals surface area contributed by atoms with Crippen LogP contribution < -0.4 is 0 Å². The van der Waals surface area contributed by atoms with Crippen molar-refractivity contribution < 1.29 is 33.1 Å². The molecular weight excluding hydrogens is 410 g/mol. The Bertz CT molecular complexity index is 1070. The van der Waals surface area contributed by atoms with Crippen molar-refractivity contribution in [1.82, 2.24) is 4.90 Å². The van der Waals surface area contributed by atoms with E-state index in [1.165, 1.54) is 27.2 Å². The van der Waals surface area contributed by atoms with Crippen LogP contribution in [0.2, 0.25) is 0 Å². The highest BCUT2D eigenvalue weighted by Gasteiger charge is 2.41. The van der Waals surface area contributed by atoms with Crippen molar-refractivity contribution in [3.63, 3.8) is 0 Å². The summed E-state index contributed by atoms with van der Waals surface area (Å²) in [5.74, 6) is -0.777. The first-order valence-electron chi connectivity index (χ1n) is 8.91. The molecule has 2 heterocycles. The van der Waals surface area contributed by atoms with Gasteiger partial charge in [0.2, 0.25) is 0 Å². The molecule has 0 saturated carbocycles. The molecule has 30 heavy (non-hydrogen) atoms. The highest BCUT2D eigenvalue weighted by molar-refractivity contribution is 8.18. The van der Waals surface area contributed by atoms with Crippen molar-refractivity contribution in [3.05, 3.63) is 52.1 Å². The third kappa shape index (κ3) is 4.02. The van der Waals surface area contributed by atoms with E-state index in [2.05, 4.69) is 4.74 Å². The third-order valence-corrected chi connectivity index (χ3v) is 5.45. The summed E-state index contributed by atoms with van der Waals surface area (Å²) in [6.07, 6.45) is 1.45. The number of imide groups is 1. The molecule has 0 radical (unpaired) electrons. The average molecular weight is 429 g/mol. The molecule has 1 fully saturated rings. The fraction of sp³-hybridized carbons (Fsp3) is 0.238. The normalized spacial score (nSPS) is 16.1. The Morgan fingerprint density at radius 1 is 1.13 bits per heavy atom. The molecule has 2 aromatic rings. The zero-order chi connectivity index (χ0) is 22.0. The van der Waals surface area contributed by atoms with Gasteiger partial charge in [0.1, 0.15) is 17.6 Å². The van der Waals surface area contributed by atoms with Gasteiger partial charge in [-0.3, -0.25) is 14.5 Å². The lowest BCUT2D eigenvalue weighted by atomic mass is 10.0.